The molecule has 168 valence electrons. The molecule has 2 bridgehead atoms. The number of hydrogen-bond donors (Lipinski definition) is 3. The second-order valence-electron chi connectivity index (χ2n) is 10.2. The smallest absolute Gasteiger partial charge is 0.304 e. The van der Waals surface area contributed by atoms with Crippen molar-refractivity contribution in [2.45, 2.75) is 68.5 Å². The quantitative estimate of drug-likeness (QED) is 0.614. The van der Waals surface area contributed by atoms with Gasteiger partial charge in [0.1, 0.15) is 11.9 Å². The lowest BCUT2D eigenvalue weighted by Gasteiger charge is -2.59. The Balaban J connectivity index is 1.42. The molecule has 6 rings (SSSR count). The number of nitrogens with one attached hydrogen (secondary N) is 1. The summed E-state index contributed by atoms with van der Waals surface area (Å²) in [6, 6.07) is 2.29. The van der Waals surface area contributed by atoms with Gasteiger partial charge in [0.05, 0.1) is 13.5 Å². The molecule has 3 fully saturated rings. The van der Waals surface area contributed by atoms with Gasteiger partial charge in [0.2, 0.25) is 0 Å². The fraction of sp³-hybridized carbons (Fsp3) is 0.708. The van der Waals surface area contributed by atoms with Gasteiger partial charge in [0.25, 0.3) is 0 Å². The molecule has 1 saturated heterocycles. The van der Waals surface area contributed by atoms with Crippen LogP contribution < -0.4 is 14.8 Å². The van der Waals surface area contributed by atoms with E-state index in [0.29, 0.717) is 24.3 Å². The van der Waals surface area contributed by atoms with Gasteiger partial charge in [-0.1, -0.05) is 0 Å². The SMILES string of the molecule is COc1cc(O)c2c3c1C[C@@H]1[C@@H]4CC[C@H](NCCC(=O)O)[C@H](O2)[C@]34CCN1CC1CC1. The van der Waals surface area contributed by atoms with E-state index in [1.165, 1.54) is 30.5 Å². The minimum atomic E-state index is -0.786. The number of aromatic hydroxyl groups is 1. The number of carboxylic acid groups (broad SMARTS) is 1. The fourth-order valence-electron chi connectivity index (χ4n) is 7.29. The highest BCUT2D eigenvalue weighted by atomic mass is 16.5. The number of carbonyl (C=O) groups is 1. The second kappa shape index (κ2) is 7.01. The summed E-state index contributed by atoms with van der Waals surface area (Å²) in [7, 11) is 1.68. The third-order valence-electron chi connectivity index (χ3n) is 8.67. The first-order valence-electron chi connectivity index (χ1n) is 11.8. The molecule has 1 aromatic rings. The van der Waals surface area contributed by atoms with Gasteiger partial charge in [-0.25, -0.2) is 0 Å². The maximum absolute atomic E-state index is 11.0. The number of aliphatic carboxylic acids is 1. The maximum Gasteiger partial charge on any atom is 0.304 e. The summed E-state index contributed by atoms with van der Waals surface area (Å²) >= 11 is 0. The van der Waals surface area contributed by atoms with E-state index in [0.717, 1.165) is 43.9 Å². The standard InChI is InChI=1S/C24H32N2O5/c1-30-19-11-18(27)22-21-14(19)10-17-15-4-5-16(25-8-6-20(28)29)23(31-22)24(15,21)7-9-26(17)12-13-2-3-13/h11,13,15-17,23,25,27H,2-10,12H2,1H3,(H,28,29)/t15-,16-,17+,23-,24-/m0/s1. The zero-order chi connectivity index (χ0) is 21.3. The topological polar surface area (TPSA) is 91.3 Å². The molecular weight excluding hydrogens is 396 g/mol. The lowest BCUT2D eigenvalue weighted by atomic mass is 9.51. The molecule has 7 nitrogen and oxygen atoms in total. The molecule has 3 aliphatic carbocycles. The molecule has 3 N–H and O–H groups in total. The molecule has 7 heteroatoms. The van der Waals surface area contributed by atoms with Crippen molar-refractivity contribution >= 4 is 5.97 Å². The maximum atomic E-state index is 11.0. The number of benzene rings is 1. The number of phenols is 1. The summed E-state index contributed by atoms with van der Waals surface area (Å²) in [5.41, 5.74) is 2.27. The van der Waals surface area contributed by atoms with Gasteiger partial charge >= 0.3 is 5.97 Å². The van der Waals surface area contributed by atoms with E-state index >= 15 is 0 Å². The van der Waals surface area contributed by atoms with E-state index < -0.39 is 5.97 Å². The first kappa shape index (κ1) is 19.7. The zero-order valence-corrected chi connectivity index (χ0v) is 18.1. The van der Waals surface area contributed by atoms with Crippen molar-refractivity contribution in [1.29, 1.82) is 0 Å². The van der Waals surface area contributed by atoms with E-state index in [1.54, 1.807) is 13.2 Å². The molecule has 2 saturated carbocycles. The Labute approximate surface area is 182 Å². The first-order valence-corrected chi connectivity index (χ1v) is 11.8. The number of rotatable bonds is 7. The summed E-state index contributed by atoms with van der Waals surface area (Å²) < 4.78 is 12.3. The number of methoxy groups -OCH3 is 1. The van der Waals surface area contributed by atoms with Crippen molar-refractivity contribution in [3.63, 3.8) is 0 Å². The number of phenolic OH excluding ortho intramolecular Hbond substituents is 1. The summed E-state index contributed by atoms with van der Waals surface area (Å²) in [5, 5.41) is 23.4. The molecule has 2 aliphatic heterocycles. The van der Waals surface area contributed by atoms with Crippen LogP contribution in [-0.2, 0) is 16.6 Å². The molecule has 1 aromatic carbocycles. The number of carboxylic acids is 1. The highest BCUT2D eigenvalue weighted by Crippen LogP contribution is 2.65. The minimum Gasteiger partial charge on any atom is -0.504 e. The third-order valence-corrected chi connectivity index (χ3v) is 8.67. The number of piperidine rings is 1. The Hall–Kier alpha value is -1.99. The lowest BCUT2D eigenvalue weighted by molar-refractivity contribution is -0.137. The van der Waals surface area contributed by atoms with Gasteiger partial charge < -0.3 is 25.0 Å². The van der Waals surface area contributed by atoms with Crippen LogP contribution in [0.3, 0.4) is 0 Å². The average Bonchev–Trinajstić information content (AvgIpc) is 3.49. The van der Waals surface area contributed by atoms with E-state index in [4.69, 9.17) is 14.6 Å². The van der Waals surface area contributed by atoms with Crippen molar-refractivity contribution < 1.29 is 24.5 Å². The summed E-state index contributed by atoms with van der Waals surface area (Å²) in [6.45, 7) is 2.71. The van der Waals surface area contributed by atoms with Crippen LogP contribution in [0.5, 0.6) is 17.2 Å². The Morgan fingerprint density at radius 2 is 2.19 bits per heavy atom. The third kappa shape index (κ3) is 2.82. The highest BCUT2D eigenvalue weighted by Gasteiger charge is 2.66. The van der Waals surface area contributed by atoms with Crippen LogP contribution in [0.25, 0.3) is 0 Å². The summed E-state index contributed by atoms with van der Waals surface area (Å²) in [5.74, 6) is 2.16. The Morgan fingerprint density at radius 3 is 2.94 bits per heavy atom. The first-order chi connectivity index (χ1) is 15.0. The van der Waals surface area contributed by atoms with Gasteiger partial charge in [-0.3, -0.25) is 9.69 Å². The van der Waals surface area contributed by atoms with Crippen LogP contribution in [0.2, 0.25) is 0 Å². The van der Waals surface area contributed by atoms with E-state index in [2.05, 4.69) is 10.2 Å². The minimum absolute atomic E-state index is 0.0716. The second-order valence-corrected chi connectivity index (χ2v) is 10.2. The predicted octanol–water partition coefficient (Wildman–Crippen LogP) is 2.28. The molecule has 0 unspecified atom stereocenters. The average molecular weight is 429 g/mol. The molecule has 0 amide bonds. The monoisotopic (exact) mass is 428 g/mol. The van der Waals surface area contributed by atoms with Crippen molar-refractivity contribution in [2.24, 2.45) is 11.8 Å². The summed E-state index contributed by atoms with van der Waals surface area (Å²) in [6.07, 6.45) is 6.81. The fourth-order valence-corrected chi connectivity index (χ4v) is 7.29. The zero-order valence-electron chi connectivity index (χ0n) is 18.1. The molecule has 5 atom stereocenters. The molecule has 5 aliphatic rings. The Morgan fingerprint density at radius 1 is 1.35 bits per heavy atom. The van der Waals surface area contributed by atoms with Gasteiger partial charge in [-0.05, 0) is 56.9 Å². The summed E-state index contributed by atoms with van der Waals surface area (Å²) in [4.78, 5) is 13.8. The predicted molar refractivity (Wildman–Crippen MR) is 114 cm³/mol. The van der Waals surface area contributed by atoms with Crippen LogP contribution >= 0.6 is 0 Å². The molecular formula is C24H32N2O5. The van der Waals surface area contributed by atoms with Crippen molar-refractivity contribution in [3.8, 4) is 17.2 Å². The van der Waals surface area contributed by atoms with Crippen molar-refractivity contribution in [2.75, 3.05) is 26.7 Å². The number of ether oxygens (including phenoxy) is 2. The Bertz CT molecular complexity index is 916. The van der Waals surface area contributed by atoms with Gasteiger partial charge in [-0.2, -0.15) is 0 Å². The molecule has 0 radical (unpaired) electrons. The van der Waals surface area contributed by atoms with Gasteiger partial charge in [0.15, 0.2) is 11.5 Å². The molecule has 1 spiro atoms. The number of hydrogen-bond acceptors (Lipinski definition) is 6. The van der Waals surface area contributed by atoms with Crippen LogP contribution in [0.4, 0.5) is 0 Å². The van der Waals surface area contributed by atoms with Crippen LogP contribution in [-0.4, -0.2) is 66.0 Å². The van der Waals surface area contributed by atoms with Crippen molar-refractivity contribution in [3.05, 3.63) is 17.2 Å². The van der Waals surface area contributed by atoms with E-state index in [-0.39, 0.29) is 29.7 Å². The van der Waals surface area contributed by atoms with Gasteiger partial charge in [-0.15, -0.1) is 0 Å². The van der Waals surface area contributed by atoms with Crippen molar-refractivity contribution in [1.82, 2.24) is 10.2 Å². The molecule has 2 heterocycles. The normalized spacial score (nSPS) is 35.4. The van der Waals surface area contributed by atoms with Crippen LogP contribution in [0.1, 0.15) is 49.7 Å². The highest BCUT2D eigenvalue weighted by molar-refractivity contribution is 5.67. The van der Waals surface area contributed by atoms with Crippen LogP contribution in [0.15, 0.2) is 6.07 Å². The van der Waals surface area contributed by atoms with E-state index in [1.807, 2.05) is 0 Å². The van der Waals surface area contributed by atoms with Gasteiger partial charge in [0, 0.05) is 47.8 Å². The largest absolute Gasteiger partial charge is 0.504 e. The lowest BCUT2D eigenvalue weighted by Crippen LogP contribution is -2.68. The number of nitrogens with zero attached hydrogens (tertiary/aromatic N) is 1. The molecule has 31 heavy (non-hydrogen) atoms. The van der Waals surface area contributed by atoms with E-state index in [9.17, 15) is 9.90 Å². The Kier molecular flexibility index (Phi) is 4.45. The molecule has 0 aromatic heterocycles. The van der Waals surface area contributed by atoms with Crippen LogP contribution in [0, 0.1) is 11.8 Å². The number of likely N-dealkylation sites (tertiary alicyclic amines) is 1.